The number of urea groups is 1. The van der Waals surface area contributed by atoms with Crippen LogP contribution in [0.1, 0.15) is 26.3 Å². The number of carbonyl (C=O) groups excluding carboxylic acids is 2. The lowest BCUT2D eigenvalue weighted by molar-refractivity contribution is -0.137. The maximum Gasteiger partial charge on any atom is 0.330 e. The molecule has 0 spiro atoms. The Labute approximate surface area is 136 Å². The summed E-state index contributed by atoms with van der Waals surface area (Å²) in [6, 6.07) is 6.81. The first kappa shape index (κ1) is 18.7. The summed E-state index contributed by atoms with van der Waals surface area (Å²) in [5.74, 6) is -0.388. The van der Waals surface area contributed by atoms with Crippen LogP contribution in [0.2, 0.25) is 0 Å². The van der Waals surface area contributed by atoms with E-state index in [2.05, 4.69) is 5.32 Å². The summed E-state index contributed by atoms with van der Waals surface area (Å²) < 4.78 is 4.80. The molecule has 1 aromatic carbocycles. The molecule has 0 aliphatic rings. The van der Waals surface area contributed by atoms with Crippen LogP contribution in [0.15, 0.2) is 30.3 Å². The highest BCUT2D eigenvalue weighted by Gasteiger charge is 2.16. The Morgan fingerprint density at radius 2 is 1.96 bits per heavy atom. The van der Waals surface area contributed by atoms with Gasteiger partial charge in [-0.3, -0.25) is 0 Å². The van der Waals surface area contributed by atoms with Gasteiger partial charge in [0, 0.05) is 24.4 Å². The molecular formula is C17H24N2O4. The fourth-order valence-electron chi connectivity index (χ4n) is 1.93. The fraction of sp³-hybridized carbons (Fsp3) is 0.412. The lowest BCUT2D eigenvalue weighted by Crippen LogP contribution is -2.41. The van der Waals surface area contributed by atoms with Gasteiger partial charge in [0.2, 0.25) is 0 Å². The van der Waals surface area contributed by atoms with E-state index in [4.69, 9.17) is 9.84 Å². The molecule has 0 atom stereocenters. The van der Waals surface area contributed by atoms with Gasteiger partial charge < -0.3 is 20.1 Å². The van der Waals surface area contributed by atoms with Crippen LogP contribution in [0, 0.1) is 0 Å². The lowest BCUT2D eigenvalue weighted by atomic mass is 10.2. The van der Waals surface area contributed by atoms with Crippen molar-refractivity contribution in [2.75, 3.05) is 25.1 Å². The van der Waals surface area contributed by atoms with Crippen molar-refractivity contribution in [2.24, 2.45) is 0 Å². The number of nitrogens with zero attached hydrogens (tertiary/aromatic N) is 1. The zero-order valence-corrected chi connectivity index (χ0v) is 13.8. The number of esters is 1. The van der Waals surface area contributed by atoms with E-state index in [1.165, 1.54) is 6.08 Å². The Morgan fingerprint density at radius 1 is 1.30 bits per heavy atom. The molecule has 1 rings (SSSR count). The summed E-state index contributed by atoms with van der Waals surface area (Å²) in [7, 11) is 0. The summed E-state index contributed by atoms with van der Waals surface area (Å²) >= 11 is 0. The summed E-state index contributed by atoms with van der Waals surface area (Å²) in [5, 5.41) is 11.8. The van der Waals surface area contributed by atoms with E-state index in [0.717, 1.165) is 5.56 Å². The van der Waals surface area contributed by atoms with Gasteiger partial charge in [-0.2, -0.15) is 0 Å². The van der Waals surface area contributed by atoms with Gasteiger partial charge in [-0.05, 0) is 44.5 Å². The molecule has 0 heterocycles. The van der Waals surface area contributed by atoms with Crippen molar-refractivity contribution in [3.63, 3.8) is 0 Å². The normalized spacial score (nSPS) is 10.8. The predicted molar refractivity (Wildman–Crippen MR) is 90.1 cm³/mol. The van der Waals surface area contributed by atoms with Crippen LogP contribution in [0.5, 0.6) is 0 Å². The number of amides is 2. The number of nitrogens with one attached hydrogen (secondary N) is 1. The number of hydrogen-bond donors (Lipinski definition) is 2. The maximum absolute atomic E-state index is 12.1. The van der Waals surface area contributed by atoms with Crippen molar-refractivity contribution in [3.05, 3.63) is 35.9 Å². The van der Waals surface area contributed by atoms with Gasteiger partial charge in [0.05, 0.1) is 13.2 Å². The molecule has 126 valence electrons. The Kier molecular flexibility index (Phi) is 7.83. The van der Waals surface area contributed by atoms with E-state index in [-0.39, 0.29) is 31.2 Å². The molecule has 0 aliphatic carbocycles. The Balaban J connectivity index is 2.66. The summed E-state index contributed by atoms with van der Waals surface area (Å²) in [5.41, 5.74) is 1.47. The van der Waals surface area contributed by atoms with Gasteiger partial charge >= 0.3 is 12.0 Å². The highest BCUT2D eigenvalue weighted by Crippen LogP contribution is 2.12. The zero-order chi connectivity index (χ0) is 17.2. The Morgan fingerprint density at radius 3 is 2.48 bits per heavy atom. The second-order valence-corrected chi connectivity index (χ2v) is 5.15. The molecule has 0 unspecified atom stereocenters. The van der Waals surface area contributed by atoms with Crippen LogP contribution in [0.3, 0.4) is 0 Å². The van der Waals surface area contributed by atoms with Gasteiger partial charge in [-0.1, -0.05) is 12.1 Å². The van der Waals surface area contributed by atoms with Crippen molar-refractivity contribution in [1.82, 2.24) is 4.90 Å². The number of benzene rings is 1. The van der Waals surface area contributed by atoms with Gasteiger partial charge in [-0.25, -0.2) is 9.59 Å². The topological polar surface area (TPSA) is 78.9 Å². The second kappa shape index (κ2) is 9.63. The van der Waals surface area contributed by atoms with E-state index < -0.39 is 0 Å². The molecule has 0 aromatic heterocycles. The van der Waals surface area contributed by atoms with Crippen molar-refractivity contribution in [2.45, 2.75) is 26.8 Å². The summed E-state index contributed by atoms with van der Waals surface area (Å²) in [4.78, 5) is 24.9. The van der Waals surface area contributed by atoms with Gasteiger partial charge in [0.1, 0.15) is 0 Å². The molecule has 0 radical (unpaired) electrons. The molecule has 6 heteroatoms. The quantitative estimate of drug-likeness (QED) is 0.597. The minimum absolute atomic E-state index is 0.00562. The van der Waals surface area contributed by atoms with Crippen molar-refractivity contribution >= 4 is 23.8 Å². The van der Waals surface area contributed by atoms with E-state index in [0.29, 0.717) is 12.3 Å². The number of carbonyl (C=O) groups is 2. The first-order valence-electron chi connectivity index (χ1n) is 7.61. The van der Waals surface area contributed by atoms with Gasteiger partial charge in [-0.15, -0.1) is 0 Å². The number of anilines is 1. The maximum atomic E-state index is 12.1. The minimum atomic E-state index is -0.388. The second-order valence-electron chi connectivity index (χ2n) is 5.15. The van der Waals surface area contributed by atoms with E-state index >= 15 is 0 Å². The van der Waals surface area contributed by atoms with Crippen molar-refractivity contribution < 1.29 is 19.4 Å². The minimum Gasteiger partial charge on any atom is -0.463 e. The molecular weight excluding hydrogens is 296 g/mol. The van der Waals surface area contributed by atoms with Crippen molar-refractivity contribution in [3.8, 4) is 0 Å². The Hall–Kier alpha value is -2.34. The molecule has 1 aromatic rings. The SMILES string of the molecule is CCOC(=O)C=Cc1ccc(NC(=O)N(CCO)C(C)C)cc1. The standard InChI is InChI=1S/C17H24N2O4/c1-4-23-16(21)10-7-14-5-8-15(9-6-14)18-17(22)19(11-12-20)13(2)3/h5-10,13,20H,4,11-12H2,1-3H3,(H,18,22). The number of aliphatic hydroxyl groups excluding tert-OH is 1. The summed E-state index contributed by atoms with van der Waals surface area (Å²) in [6.07, 6.45) is 3.01. The van der Waals surface area contributed by atoms with Crippen LogP contribution in [0.4, 0.5) is 10.5 Å². The predicted octanol–water partition coefficient (Wildman–Crippen LogP) is 2.50. The molecule has 0 aliphatic heterocycles. The molecule has 2 amide bonds. The molecule has 23 heavy (non-hydrogen) atoms. The van der Waals surface area contributed by atoms with Gasteiger partial charge in [0.15, 0.2) is 0 Å². The lowest BCUT2D eigenvalue weighted by Gasteiger charge is -2.26. The third-order valence-electron chi connectivity index (χ3n) is 3.09. The largest absolute Gasteiger partial charge is 0.463 e. The van der Waals surface area contributed by atoms with E-state index in [1.54, 1.807) is 42.2 Å². The molecule has 0 saturated carbocycles. The first-order valence-corrected chi connectivity index (χ1v) is 7.61. The molecule has 0 fully saturated rings. The molecule has 2 N–H and O–H groups in total. The third kappa shape index (κ3) is 6.52. The average Bonchev–Trinajstić information content (AvgIpc) is 2.51. The monoisotopic (exact) mass is 320 g/mol. The van der Waals surface area contributed by atoms with Crippen LogP contribution in [0.25, 0.3) is 6.08 Å². The van der Waals surface area contributed by atoms with Crippen LogP contribution in [-0.2, 0) is 9.53 Å². The molecule has 0 bridgehead atoms. The smallest absolute Gasteiger partial charge is 0.330 e. The number of rotatable bonds is 7. The fourth-order valence-corrected chi connectivity index (χ4v) is 1.93. The zero-order valence-electron chi connectivity index (χ0n) is 13.8. The molecule has 0 saturated heterocycles. The Bertz CT molecular complexity index is 538. The van der Waals surface area contributed by atoms with E-state index in [9.17, 15) is 9.59 Å². The van der Waals surface area contributed by atoms with Crippen LogP contribution in [-0.4, -0.2) is 47.8 Å². The number of hydrogen-bond acceptors (Lipinski definition) is 4. The average molecular weight is 320 g/mol. The third-order valence-corrected chi connectivity index (χ3v) is 3.09. The summed E-state index contributed by atoms with van der Waals surface area (Å²) in [6.45, 7) is 6.07. The number of ether oxygens (including phenoxy) is 1. The van der Waals surface area contributed by atoms with Gasteiger partial charge in [0.25, 0.3) is 0 Å². The number of aliphatic hydroxyl groups is 1. The van der Waals surface area contributed by atoms with Crippen LogP contribution < -0.4 is 5.32 Å². The first-order chi connectivity index (χ1) is 11.0. The van der Waals surface area contributed by atoms with Crippen molar-refractivity contribution in [1.29, 1.82) is 0 Å². The highest BCUT2D eigenvalue weighted by atomic mass is 16.5. The highest BCUT2D eigenvalue weighted by molar-refractivity contribution is 5.90. The molecule has 6 nitrogen and oxygen atoms in total. The van der Waals surface area contributed by atoms with Crippen LogP contribution >= 0.6 is 0 Å². The van der Waals surface area contributed by atoms with E-state index in [1.807, 2.05) is 13.8 Å².